The van der Waals surface area contributed by atoms with Crippen LogP contribution in [0.5, 0.6) is 5.75 Å². The third-order valence-corrected chi connectivity index (χ3v) is 2.66. The number of ether oxygens (including phenoxy) is 1. The third-order valence-electron chi connectivity index (χ3n) is 2.36. The Hall–Kier alpha value is -1.76. The minimum atomic E-state index is -4.44. The molecular formula is C11H9F3N2OS. The molecule has 0 spiro atoms. The van der Waals surface area contributed by atoms with Crippen LogP contribution in [0.3, 0.4) is 0 Å². The predicted octanol–water partition coefficient (Wildman–Crippen LogP) is 3.56. The molecule has 0 aliphatic rings. The van der Waals surface area contributed by atoms with Crippen molar-refractivity contribution in [1.29, 1.82) is 0 Å². The highest BCUT2D eigenvalue weighted by atomic mass is 32.1. The van der Waals surface area contributed by atoms with Crippen LogP contribution in [-0.4, -0.2) is 16.9 Å². The van der Waals surface area contributed by atoms with E-state index in [0.717, 1.165) is 6.07 Å². The number of hydrogen-bond acceptors (Lipinski definition) is 2. The lowest BCUT2D eigenvalue weighted by Crippen LogP contribution is -2.07. The summed E-state index contributed by atoms with van der Waals surface area (Å²) in [7, 11) is 1.51. The van der Waals surface area contributed by atoms with Gasteiger partial charge in [0.15, 0.2) is 0 Å². The average Bonchev–Trinajstić information content (AvgIpc) is 2.71. The van der Waals surface area contributed by atoms with Crippen molar-refractivity contribution in [3.63, 3.8) is 0 Å². The molecule has 3 nitrogen and oxygen atoms in total. The predicted molar refractivity (Wildman–Crippen MR) is 62.5 cm³/mol. The number of aromatic amines is 1. The number of H-pyrrole nitrogens is 1. The molecule has 0 saturated heterocycles. The second-order valence-electron chi connectivity index (χ2n) is 3.54. The van der Waals surface area contributed by atoms with Crippen LogP contribution in [0.25, 0.3) is 5.69 Å². The molecule has 1 N–H and O–H groups in total. The summed E-state index contributed by atoms with van der Waals surface area (Å²) in [5.74, 6) is 0.618. The molecule has 2 aromatic rings. The monoisotopic (exact) mass is 274 g/mol. The number of nitrogens with one attached hydrogen (secondary N) is 1. The normalized spacial score (nSPS) is 11.6. The van der Waals surface area contributed by atoms with Gasteiger partial charge >= 0.3 is 6.18 Å². The van der Waals surface area contributed by atoms with Crippen LogP contribution in [0, 0.1) is 4.64 Å². The summed E-state index contributed by atoms with van der Waals surface area (Å²) >= 11 is 4.89. The Labute approximate surface area is 106 Å². The van der Waals surface area contributed by atoms with Crippen molar-refractivity contribution in [2.24, 2.45) is 0 Å². The van der Waals surface area contributed by atoms with Gasteiger partial charge in [0.1, 0.15) is 16.1 Å². The molecule has 0 radical (unpaired) electrons. The van der Waals surface area contributed by atoms with Gasteiger partial charge < -0.3 is 4.74 Å². The number of nitrogens with zero attached hydrogens (tertiary/aromatic N) is 1. The summed E-state index contributed by atoms with van der Waals surface area (Å²) in [6, 6.07) is 7.41. The number of hydrogen-bond donors (Lipinski definition) is 1. The summed E-state index contributed by atoms with van der Waals surface area (Å²) < 4.78 is 43.7. The van der Waals surface area contributed by atoms with E-state index in [-0.39, 0.29) is 4.64 Å². The van der Waals surface area contributed by atoms with Crippen LogP contribution in [0.4, 0.5) is 13.2 Å². The van der Waals surface area contributed by atoms with Crippen molar-refractivity contribution in [2.75, 3.05) is 7.11 Å². The zero-order valence-corrected chi connectivity index (χ0v) is 10.1. The maximum absolute atomic E-state index is 12.5. The molecule has 0 fully saturated rings. The number of aromatic nitrogens is 2. The first-order chi connectivity index (χ1) is 8.41. The highest BCUT2D eigenvalue weighted by Gasteiger charge is 2.33. The number of alkyl halides is 3. The summed E-state index contributed by atoms with van der Waals surface area (Å²) in [6.07, 6.45) is -4.44. The topological polar surface area (TPSA) is 29.9 Å². The van der Waals surface area contributed by atoms with Crippen LogP contribution in [-0.2, 0) is 6.18 Å². The minimum Gasteiger partial charge on any atom is -0.497 e. The van der Waals surface area contributed by atoms with Gasteiger partial charge in [-0.3, -0.25) is 5.10 Å². The molecular weight excluding hydrogens is 265 g/mol. The minimum absolute atomic E-state index is 0.0625. The number of halogens is 3. The fourth-order valence-electron chi connectivity index (χ4n) is 1.46. The molecule has 18 heavy (non-hydrogen) atoms. The fraction of sp³-hybridized carbons (Fsp3) is 0.182. The Kier molecular flexibility index (Phi) is 3.16. The highest BCUT2D eigenvalue weighted by Crippen LogP contribution is 2.28. The smallest absolute Gasteiger partial charge is 0.432 e. The molecule has 1 aromatic heterocycles. The largest absolute Gasteiger partial charge is 0.497 e. The van der Waals surface area contributed by atoms with Crippen molar-refractivity contribution in [3.8, 4) is 11.4 Å². The zero-order chi connectivity index (χ0) is 13.3. The van der Waals surface area contributed by atoms with Gasteiger partial charge in [0, 0.05) is 6.07 Å². The molecule has 96 valence electrons. The van der Waals surface area contributed by atoms with E-state index in [1.54, 1.807) is 24.3 Å². The highest BCUT2D eigenvalue weighted by molar-refractivity contribution is 7.71. The number of rotatable bonds is 2. The van der Waals surface area contributed by atoms with E-state index in [4.69, 9.17) is 17.0 Å². The standard InChI is InChI=1S/C11H9F3N2OS/c1-17-8-4-2-7(3-5-8)16-10(18)6-9(15-16)11(12,13)14/h2-6,15H,1H3. The van der Waals surface area contributed by atoms with Crippen molar-refractivity contribution in [2.45, 2.75) is 6.18 Å². The molecule has 0 aliphatic carbocycles. The quantitative estimate of drug-likeness (QED) is 0.849. The molecule has 0 saturated carbocycles. The average molecular weight is 274 g/mol. The second kappa shape index (κ2) is 4.49. The summed E-state index contributed by atoms with van der Waals surface area (Å²) in [5, 5.41) is 2.22. The van der Waals surface area contributed by atoms with Crippen LogP contribution >= 0.6 is 12.2 Å². The van der Waals surface area contributed by atoms with E-state index in [1.165, 1.54) is 11.8 Å². The molecule has 2 rings (SSSR count). The summed E-state index contributed by atoms with van der Waals surface area (Å²) in [4.78, 5) is 0. The van der Waals surface area contributed by atoms with E-state index in [0.29, 0.717) is 11.4 Å². The van der Waals surface area contributed by atoms with Gasteiger partial charge in [-0.15, -0.1) is 0 Å². The van der Waals surface area contributed by atoms with E-state index in [9.17, 15) is 13.2 Å². The van der Waals surface area contributed by atoms with E-state index >= 15 is 0 Å². The molecule has 0 unspecified atom stereocenters. The lowest BCUT2D eigenvalue weighted by molar-refractivity contribution is -0.141. The van der Waals surface area contributed by atoms with Gasteiger partial charge in [-0.05, 0) is 24.3 Å². The van der Waals surface area contributed by atoms with Crippen LogP contribution in [0.2, 0.25) is 0 Å². The van der Waals surface area contributed by atoms with Gasteiger partial charge in [-0.25, -0.2) is 4.68 Å². The molecule has 7 heteroatoms. The Morgan fingerprint density at radius 2 is 1.83 bits per heavy atom. The SMILES string of the molecule is COc1ccc(-n2[nH]c(C(F)(F)F)cc2=S)cc1. The molecule has 0 amide bonds. The lowest BCUT2D eigenvalue weighted by atomic mass is 10.3. The first-order valence-corrected chi connectivity index (χ1v) is 5.36. The van der Waals surface area contributed by atoms with Crippen LogP contribution in [0.15, 0.2) is 30.3 Å². The van der Waals surface area contributed by atoms with E-state index in [1.807, 2.05) is 0 Å². The maximum atomic E-state index is 12.5. The third kappa shape index (κ3) is 2.40. The van der Waals surface area contributed by atoms with E-state index < -0.39 is 11.9 Å². The summed E-state index contributed by atoms with van der Waals surface area (Å²) in [5.41, 5.74) is -0.361. The van der Waals surface area contributed by atoms with Gasteiger partial charge in [-0.2, -0.15) is 13.2 Å². The summed E-state index contributed by atoms with van der Waals surface area (Å²) in [6.45, 7) is 0. The van der Waals surface area contributed by atoms with Crippen molar-refractivity contribution >= 4 is 12.2 Å². The first kappa shape index (κ1) is 12.7. The van der Waals surface area contributed by atoms with Gasteiger partial charge in [0.2, 0.25) is 0 Å². The number of benzene rings is 1. The van der Waals surface area contributed by atoms with Crippen molar-refractivity contribution in [3.05, 3.63) is 40.7 Å². The Bertz CT molecular complexity index is 598. The van der Waals surface area contributed by atoms with Gasteiger partial charge in [-0.1, -0.05) is 12.2 Å². The Balaban J connectivity index is 2.44. The van der Waals surface area contributed by atoms with Crippen LogP contribution in [0.1, 0.15) is 5.69 Å². The zero-order valence-electron chi connectivity index (χ0n) is 9.28. The van der Waals surface area contributed by atoms with Crippen LogP contribution < -0.4 is 4.74 Å². The molecule has 0 aliphatic heterocycles. The maximum Gasteiger partial charge on any atom is 0.432 e. The van der Waals surface area contributed by atoms with Gasteiger partial charge in [0.05, 0.1) is 12.8 Å². The first-order valence-electron chi connectivity index (χ1n) is 4.95. The Morgan fingerprint density at radius 1 is 1.22 bits per heavy atom. The molecule has 0 bridgehead atoms. The van der Waals surface area contributed by atoms with Crippen molar-refractivity contribution < 1.29 is 17.9 Å². The number of methoxy groups -OCH3 is 1. The second-order valence-corrected chi connectivity index (χ2v) is 3.96. The van der Waals surface area contributed by atoms with Gasteiger partial charge in [0.25, 0.3) is 0 Å². The van der Waals surface area contributed by atoms with E-state index in [2.05, 4.69) is 5.10 Å². The Morgan fingerprint density at radius 3 is 2.28 bits per heavy atom. The lowest BCUT2D eigenvalue weighted by Gasteiger charge is -2.06. The molecule has 1 heterocycles. The fourth-order valence-corrected chi connectivity index (χ4v) is 1.73. The molecule has 0 atom stereocenters. The molecule has 1 aromatic carbocycles. The van der Waals surface area contributed by atoms with Crippen molar-refractivity contribution in [1.82, 2.24) is 9.78 Å².